The molecule has 4 rings (SSSR count). The molecule has 5 nitrogen and oxygen atoms in total. The van der Waals surface area contributed by atoms with E-state index >= 15 is 0 Å². The Balaban J connectivity index is 1.75. The number of carbonyl (C=O) groups is 1. The van der Waals surface area contributed by atoms with E-state index in [2.05, 4.69) is 10.1 Å². The number of nitrogens with zero attached hydrogens (tertiary/aromatic N) is 3. The number of halogens is 1. The number of thioether (sulfide) groups is 1. The van der Waals surface area contributed by atoms with Crippen molar-refractivity contribution < 1.29 is 13.7 Å². The Morgan fingerprint density at radius 2 is 1.94 bits per heavy atom. The Labute approximate surface area is 192 Å². The zero-order chi connectivity index (χ0) is 22.5. The van der Waals surface area contributed by atoms with Crippen molar-refractivity contribution in [2.45, 2.75) is 32.9 Å². The lowest BCUT2D eigenvalue weighted by molar-refractivity contribution is 0.0671. The molecule has 1 fully saturated rings. The highest BCUT2D eigenvalue weighted by molar-refractivity contribution is 7.99. The molecule has 1 aliphatic heterocycles. The van der Waals surface area contributed by atoms with Crippen LogP contribution in [-0.4, -0.2) is 46.6 Å². The first-order chi connectivity index (χ1) is 15.6. The summed E-state index contributed by atoms with van der Waals surface area (Å²) in [6, 6.07) is 15.7. The van der Waals surface area contributed by atoms with E-state index in [0.29, 0.717) is 12.1 Å². The van der Waals surface area contributed by atoms with Gasteiger partial charge < -0.3 is 14.3 Å². The third-order valence-corrected chi connectivity index (χ3v) is 6.84. The summed E-state index contributed by atoms with van der Waals surface area (Å²) in [6.45, 7) is 6.16. The van der Waals surface area contributed by atoms with Gasteiger partial charge >= 0.3 is 0 Å². The lowest BCUT2D eigenvalue weighted by Gasteiger charge is -2.31. The van der Waals surface area contributed by atoms with Gasteiger partial charge in [-0.1, -0.05) is 48.5 Å². The highest BCUT2D eigenvalue weighted by Crippen LogP contribution is 2.34. The largest absolute Gasteiger partial charge is 0.339 e. The average molecular weight is 454 g/mol. The number of rotatable bonds is 7. The average Bonchev–Trinajstić information content (AvgIpc) is 3.26. The Hall–Kier alpha value is -2.80. The van der Waals surface area contributed by atoms with Crippen LogP contribution in [0, 0.1) is 5.82 Å². The van der Waals surface area contributed by atoms with Gasteiger partial charge in [-0.25, -0.2) is 4.39 Å². The van der Waals surface area contributed by atoms with E-state index in [9.17, 15) is 9.18 Å². The monoisotopic (exact) mass is 453 g/mol. The number of amides is 1. The second kappa shape index (κ2) is 10.2. The van der Waals surface area contributed by atoms with Crippen LogP contribution in [-0.2, 0) is 6.54 Å². The number of aromatic nitrogens is 1. The van der Waals surface area contributed by atoms with Gasteiger partial charge in [0.25, 0.3) is 5.91 Å². The van der Waals surface area contributed by atoms with Gasteiger partial charge in [0.1, 0.15) is 11.5 Å². The van der Waals surface area contributed by atoms with Gasteiger partial charge in [-0.3, -0.25) is 4.79 Å². The SMILES string of the molecule is CC[C@H](C)N(Cc1c(-c2ccccc2)noc1N1CCSCC1)C(=O)c1cccc(F)c1. The molecular weight excluding hydrogens is 425 g/mol. The Bertz CT molecular complexity index is 1050. The van der Waals surface area contributed by atoms with Crippen LogP contribution in [0.4, 0.5) is 10.3 Å². The molecule has 1 aliphatic rings. The molecule has 2 aromatic carbocycles. The summed E-state index contributed by atoms with van der Waals surface area (Å²) in [5.41, 5.74) is 2.94. The first kappa shape index (κ1) is 22.4. The van der Waals surface area contributed by atoms with Crippen molar-refractivity contribution in [3.05, 3.63) is 71.5 Å². The molecule has 1 saturated heterocycles. The van der Waals surface area contributed by atoms with Gasteiger partial charge in [-0.2, -0.15) is 11.8 Å². The maximum atomic E-state index is 13.8. The fourth-order valence-electron chi connectivity index (χ4n) is 3.89. The van der Waals surface area contributed by atoms with Gasteiger partial charge in [0, 0.05) is 41.8 Å². The van der Waals surface area contributed by atoms with Crippen molar-refractivity contribution in [1.82, 2.24) is 10.1 Å². The van der Waals surface area contributed by atoms with Crippen LogP contribution < -0.4 is 4.90 Å². The Morgan fingerprint density at radius 3 is 2.62 bits per heavy atom. The van der Waals surface area contributed by atoms with E-state index in [1.807, 2.05) is 55.9 Å². The van der Waals surface area contributed by atoms with Gasteiger partial charge in [0.2, 0.25) is 5.88 Å². The maximum Gasteiger partial charge on any atom is 0.254 e. The number of benzene rings is 2. The summed E-state index contributed by atoms with van der Waals surface area (Å²) in [5.74, 6) is 2.17. The number of hydrogen-bond donors (Lipinski definition) is 0. The third-order valence-electron chi connectivity index (χ3n) is 5.90. The molecule has 0 saturated carbocycles. The predicted octanol–water partition coefficient (Wildman–Crippen LogP) is 5.47. The minimum Gasteiger partial charge on any atom is -0.339 e. The zero-order valence-corrected chi connectivity index (χ0v) is 19.3. The minimum absolute atomic E-state index is 0.0333. The lowest BCUT2D eigenvalue weighted by atomic mass is 10.0. The van der Waals surface area contributed by atoms with E-state index in [4.69, 9.17) is 4.52 Å². The molecule has 168 valence electrons. The summed E-state index contributed by atoms with van der Waals surface area (Å²) in [7, 11) is 0. The highest BCUT2D eigenvalue weighted by atomic mass is 32.2. The summed E-state index contributed by atoms with van der Waals surface area (Å²) in [5, 5.41) is 4.42. The van der Waals surface area contributed by atoms with Gasteiger partial charge in [-0.05, 0) is 31.5 Å². The van der Waals surface area contributed by atoms with Crippen LogP contribution in [0.15, 0.2) is 59.1 Å². The summed E-state index contributed by atoms with van der Waals surface area (Å²) >= 11 is 1.92. The molecular formula is C25H28FN3O2S. The molecule has 32 heavy (non-hydrogen) atoms. The van der Waals surface area contributed by atoms with Gasteiger partial charge in [0.05, 0.1) is 12.1 Å². The van der Waals surface area contributed by atoms with E-state index < -0.39 is 5.82 Å². The highest BCUT2D eigenvalue weighted by Gasteiger charge is 2.29. The van der Waals surface area contributed by atoms with Crippen molar-refractivity contribution in [3.8, 4) is 11.3 Å². The normalized spacial score (nSPS) is 14.9. The summed E-state index contributed by atoms with van der Waals surface area (Å²) in [4.78, 5) is 17.5. The molecule has 3 aromatic rings. The second-order valence-electron chi connectivity index (χ2n) is 7.98. The van der Waals surface area contributed by atoms with Crippen molar-refractivity contribution in [2.24, 2.45) is 0 Å². The summed E-state index contributed by atoms with van der Waals surface area (Å²) < 4.78 is 19.7. The molecule has 1 amide bonds. The molecule has 0 N–H and O–H groups in total. The van der Waals surface area contributed by atoms with Crippen LogP contribution >= 0.6 is 11.8 Å². The topological polar surface area (TPSA) is 49.6 Å². The first-order valence-electron chi connectivity index (χ1n) is 11.0. The van der Waals surface area contributed by atoms with Crippen molar-refractivity contribution in [3.63, 3.8) is 0 Å². The molecule has 0 bridgehead atoms. The standard InChI is InChI=1S/C25H28FN3O2S/c1-3-18(2)29(24(30)20-10-7-11-21(26)16-20)17-22-23(19-8-5-4-6-9-19)27-31-25(22)28-12-14-32-15-13-28/h4-11,16,18H,3,12-15,17H2,1-2H3/t18-/m0/s1. The van der Waals surface area contributed by atoms with E-state index in [1.54, 1.807) is 17.0 Å². The third kappa shape index (κ3) is 4.83. The first-order valence-corrected chi connectivity index (χ1v) is 12.2. The minimum atomic E-state index is -0.415. The van der Waals surface area contributed by atoms with Crippen molar-refractivity contribution in [1.29, 1.82) is 0 Å². The Kier molecular flexibility index (Phi) is 7.15. The van der Waals surface area contributed by atoms with Gasteiger partial charge in [0.15, 0.2) is 0 Å². The van der Waals surface area contributed by atoms with Crippen LogP contribution in [0.2, 0.25) is 0 Å². The molecule has 1 aromatic heterocycles. The second-order valence-corrected chi connectivity index (χ2v) is 9.21. The van der Waals surface area contributed by atoms with Crippen LogP contribution in [0.3, 0.4) is 0 Å². The van der Waals surface area contributed by atoms with E-state index in [1.165, 1.54) is 12.1 Å². The predicted molar refractivity (Wildman–Crippen MR) is 128 cm³/mol. The van der Waals surface area contributed by atoms with Crippen molar-refractivity contribution in [2.75, 3.05) is 29.5 Å². The molecule has 0 radical (unpaired) electrons. The molecule has 0 aliphatic carbocycles. The van der Waals surface area contributed by atoms with Crippen LogP contribution in [0.1, 0.15) is 36.2 Å². The fraction of sp³-hybridized carbons (Fsp3) is 0.360. The van der Waals surface area contributed by atoms with Crippen LogP contribution in [0.25, 0.3) is 11.3 Å². The zero-order valence-electron chi connectivity index (χ0n) is 18.5. The molecule has 0 unspecified atom stereocenters. The molecule has 1 atom stereocenters. The smallest absolute Gasteiger partial charge is 0.254 e. The van der Waals surface area contributed by atoms with Crippen molar-refractivity contribution >= 4 is 23.6 Å². The fourth-order valence-corrected chi connectivity index (χ4v) is 4.79. The maximum absolute atomic E-state index is 13.8. The van der Waals surface area contributed by atoms with E-state index in [0.717, 1.165) is 53.7 Å². The number of anilines is 1. The Morgan fingerprint density at radius 1 is 1.19 bits per heavy atom. The van der Waals surface area contributed by atoms with Crippen LogP contribution in [0.5, 0.6) is 0 Å². The van der Waals surface area contributed by atoms with E-state index in [-0.39, 0.29) is 11.9 Å². The number of hydrogen-bond acceptors (Lipinski definition) is 5. The molecule has 7 heteroatoms. The lowest BCUT2D eigenvalue weighted by Crippen LogP contribution is -2.39. The molecule has 0 spiro atoms. The molecule has 2 heterocycles. The number of carbonyl (C=O) groups excluding carboxylic acids is 1. The summed E-state index contributed by atoms with van der Waals surface area (Å²) in [6.07, 6.45) is 0.780. The van der Waals surface area contributed by atoms with Gasteiger partial charge in [-0.15, -0.1) is 0 Å². The quantitative estimate of drug-likeness (QED) is 0.474.